The maximum absolute atomic E-state index is 12.4. The first-order valence-electron chi connectivity index (χ1n) is 7.92. The van der Waals surface area contributed by atoms with E-state index < -0.39 is 6.10 Å². The second-order valence-corrected chi connectivity index (χ2v) is 6.12. The van der Waals surface area contributed by atoms with Gasteiger partial charge in [-0.15, -0.1) is 0 Å². The molecule has 22 heavy (non-hydrogen) atoms. The number of piperidine rings is 1. The van der Waals surface area contributed by atoms with Gasteiger partial charge in [0, 0.05) is 12.2 Å². The molecule has 0 aromatic heterocycles. The van der Waals surface area contributed by atoms with E-state index in [4.69, 9.17) is 4.74 Å². The summed E-state index contributed by atoms with van der Waals surface area (Å²) in [4.78, 5) is 26.4. The predicted molar refractivity (Wildman–Crippen MR) is 83.5 cm³/mol. The number of benzene rings is 1. The van der Waals surface area contributed by atoms with Crippen molar-refractivity contribution in [2.45, 2.75) is 44.8 Å². The number of carbonyl (C=O) groups excluding carboxylic acids is 2. The number of nitrogens with one attached hydrogen (secondary N) is 1. The highest BCUT2D eigenvalue weighted by molar-refractivity contribution is 5.95. The largest absolute Gasteiger partial charge is 0.366 e. The Balaban J connectivity index is 1.57. The number of hydrogen-bond acceptors (Lipinski definition) is 3. The number of morpholine rings is 1. The SMILES string of the molecule is Cc1ccc(NC(=O)C[C@H]2OC[C@@H]3CCCCN3C2=O)cc1. The molecule has 118 valence electrons. The second-order valence-electron chi connectivity index (χ2n) is 6.12. The number of amides is 2. The van der Waals surface area contributed by atoms with Gasteiger partial charge in [-0.25, -0.2) is 0 Å². The van der Waals surface area contributed by atoms with E-state index in [0.717, 1.165) is 37.1 Å². The minimum Gasteiger partial charge on any atom is -0.366 e. The Morgan fingerprint density at radius 1 is 1.32 bits per heavy atom. The van der Waals surface area contributed by atoms with Crippen LogP contribution in [0.3, 0.4) is 0 Å². The molecular formula is C17H22N2O3. The molecule has 1 aromatic rings. The zero-order valence-electron chi connectivity index (χ0n) is 12.9. The van der Waals surface area contributed by atoms with Crippen molar-refractivity contribution in [3.63, 3.8) is 0 Å². The van der Waals surface area contributed by atoms with Crippen LogP contribution < -0.4 is 5.32 Å². The second kappa shape index (κ2) is 6.48. The first-order valence-corrected chi connectivity index (χ1v) is 7.92. The Hall–Kier alpha value is -1.88. The van der Waals surface area contributed by atoms with Crippen LogP contribution in [0.5, 0.6) is 0 Å². The van der Waals surface area contributed by atoms with E-state index in [1.807, 2.05) is 36.1 Å². The van der Waals surface area contributed by atoms with Crippen molar-refractivity contribution < 1.29 is 14.3 Å². The van der Waals surface area contributed by atoms with Gasteiger partial charge in [-0.05, 0) is 38.3 Å². The number of ether oxygens (including phenoxy) is 1. The monoisotopic (exact) mass is 302 g/mol. The maximum atomic E-state index is 12.4. The van der Waals surface area contributed by atoms with Gasteiger partial charge in [0.1, 0.15) is 6.10 Å². The Morgan fingerprint density at radius 3 is 2.86 bits per heavy atom. The van der Waals surface area contributed by atoms with E-state index in [1.54, 1.807) is 0 Å². The van der Waals surface area contributed by atoms with Crippen LogP contribution in [0.25, 0.3) is 0 Å². The van der Waals surface area contributed by atoms with Crippen LogP contribution in [0.4, 0.5) is 5.69 Å². The highest BCUT2D eigenvalue weighted by Crippen LogP contribution is 2.24. The molecule has 2 saturated heterocycles. The van der Waals surface area contributed by atoms with E-state index in [1.165, 1.54) is 0 Å². The first kappa shape index (κ1) is 15.0. The van der Waals surface area contributed by atoms with Gasteiger partial charge in [-0.3, -0.25) is 9.59 Å². The van der Waals surface area contributed by atoms with E-state index in [0.29, 0.717) is 6.61 Å². The zero-order chi connectivity index (χ0) is 15.5. The van der Waals surface area contributed by atoms with E-state index in [9.17, 15) is 9.59 Å². The summed E-state index contributed by atoms with van der Waals surface area (Å²) in [6.45, 7) is 3.34. The summed E-state index contributed by atoms with van der Waals surface area (Å²) in [5.74, 6) is -0.215. The lowest BCUT2D eigenvalue weighted by Crippen LogP contribution is -2.56. The van der Waals surface area contributed by atoms with E-state index in [2.05, 4.69) is 5.32 Å². The molecule has 0 saturated carbocycles. The standard InChI is InChI=1S/C17H22N2O3/c1-12-5-7-13(8-6-12)18-16(20)10-15-17(21)19-9-3-2-4-14(19)11-22-15/h5-8,14-15H,2-4,9-11H2,1H3,(H,18,20)/t14-,15+/m0/s1. The van der Waals surface area contributed by atoms with Gasteiger partial charge < -0.3 is 15.0 Å². The number of carbonyl (C=O) groups is 2. The highest BCUT2D eigenvalue weighted by atomic mass is 16.5. The molecule has 1 aromatic carbocycles. The maximum Gasteiger partial charge on any atom is 0.252 e. The van der Waals surface area contributed by atoms with Gasteiger partial charge in [-0.1, -0.05) is 17.7 Å². The summed E-state index contributed by atoms with van der Waals surface area (Å²) in [5.41, 5.74) is 1.88. The predicted octanol–water partition coefficient (Wildman–Crippen LogP) is 2.10. The van der Waals surface area contributed by atoms with Crippen LogP contribution >= 0.6 is 0 Å². The lowest BCUT2D eigenvalue weighted by molar-refractivity contribution is -0.163. The van der Waals surface area contributed by atoms with Gasteiger partial charge in [-0.2, -0.15) is 0 Å². The van der Waals surface area contributed by atoms with E-state index >= 15 is 0 Å². The van der Waals surface area contributed by atoms with Crippen molar-refractivity contribution in [1.82, 2.24) is 4.90 Å². The van der Waals surface area contributed by atoms with Crippen molar-refractivity contribution in [2.24, 2.45) is 0 Å². The summed E-state index contributed by atoms with van der Waals surface area (Å²) in [5, 5.41) is 2.82. The van der Waals surface area contributed by atoms with Crippen molar-refractivity contribution in [1.29, 1.82) is 0 Å². The van der Waals surface area contributed by atoms with Crippen molar-refractivity contribution in [2.75, 3.05) is 18.5 Å². The summed E-state index contributed by atoms with van der Waals surface area (Å²) >= 11 is 0. The lowest BCUT2D eigenvalue weighted by atomic mass is 9.99. The van der Waals surface area contributed by atoms with Crippen molar-refractivity contribution in [3.8, 4) is 0 Å². The molecule has 2 fully saturated rings. The molecule has 5 heteroatoms. The zero-order valence-corrected chi connectivity index (χ0v) is 12.9. The van der Waals surface area contributed by atoms with Crippen LogP contribution in [0.15, 0.2) is 24.3 Å². The smallest absolute Gasteiger partial charge is 0.252 e. The quantitative estimate of drug-likeness (QED) is 0.930. The van der Waals surface area contributed by atoms with Gasteiger partial charge >= 0.3 is 0 Å². The Kier molecular flexibility index (Phi) is 4.43. The third kappa shape index (κ3) is 3.30. The minimum absolute atomic E-state index is 0.0324. The molecule has 0 spiro atoms. The molecule has 0 aliphatic carbocycles. The molecule has 0 unspecified atom stereocenters. The van der Waals surface area contributed by atoms with Gasteiger partial charge in [0.15, 0.2) is 0 Å². The van der Waals surface area contributed by atoms with Gasteiger partial charge in [0.05, 0.1) is 19.1 Å². The molecular weight excluding hydrogens is 280 g/mol. The van der Waals surface area contributed by atoms with Crippen LogP contribution in [-0.4, -0.2) is 42.0 Å². The third-order valence-corrected chi connectivity index (χ3v) is 4.38. The van der Waals surface area contributed by atoms with Gasteiger partial charge in [0.25, 0.3) is 5.91 Å². The molecule has 1 N–H and O–H groups in total. The summed E-state index contributed by atoms with van der Waals surface area (Å²) in [6.07, 6.45) is 2.64. The number of anilines is 1. The van der Waals surface area contributed by atoms with Crippen molar-refractivity contribution >= 4 is 17.5 Å². The fourth-order valence-corrected chi connectivity index (χ4v) is 3.11. The topological polar surface area (TPSA) is 58.6 Å². The van der Waals surface area contributed by atoms with Crippen LogP contribution in [-0.2, 0) is 14.3 Å². The Bertz CT molecular complexity index is 556. The third-order valence-electron chi connectivity index (χ3n) is 4.38. The Morgan fingerprint density at radius 2 is 2.09 bits per heavy atom. The number of fused-ring (bicyclic) bond motifs is 1. The lowest BCUT2D eigenvalue weighted by Gasteiger charge is -2.41. The fourth-order valence-electron chi connectivity index (χ4n) is 3.11. The Labute approximate surface area is 130 Å². The first-order chi connectivity index (χ1) is 10.6. The van der Waals surface area contributed by atoms with Crippen molar-refractivity contribution in [3.05, 3.63) is 29.8 Å². The van der Waals surface area contributed by atoms with Crippen LogP contribution in [0, 0.1) is 6.92 Å². The highest BCUT2D eigenvalue weighted by Gasteiger charge is 2.38. The molecule has 2 aliphatic rings. The number of nitrogens with zero attached hydrogens (tertiary/aromatic N) is 1. The molecule has 5 nitrogen and oxygen atoms in total. The van der Waals surface area contributed by atoms with Crippen LogP contribution in [0.2, 0.25) is 0 Å². The summed E-state index contributed by atoms with van der Waals surface area (Å²) in [6, 6.07) is 7.80. The average Bonchev–Trinajstić information content (AvgIpc) is 2.53. The molecule has 2 aliphatic heterocycles. The van der Waals surface area contributed by atoms with Crippen LogP contribution in [0.1, 0.15) is 31.2 Å². The number of aryl methyl sites for hydroxylation is 1. The normalized spacial score (nSPS) is 24.8. The molecule has 2 atom stereocenters. The summed E-state index contributed by atoms with van der Waals surface area (Å²) in [7, 11) is 0. The van der Waals surface area contributed by atoms with Gasteiger partial charge in [0.2, 0.25) is 5.91 Å². The molecule has 2 amide bonds. The number of hydrogen-bond donors (Lipinski definition) is 1. The average molecular weight is 302 g/mol. The fraction of sp³-hybridized carbons (Fsp3) is 0.529. The minimum atomic E-state index is -0.639. The molecule has 2 heterocycles. The molecule has 0 radical (unpaired) electrons. The molecule has 0 bridgehead atoms. The number of rotatable bonds is 3. The molecule has 3 rings (SSSR count). The van der Waals surface area contributed by atoms with E-state index in [-0.39, 0.29) is 24.3 Å². The summed E-state index contributed by atoms with van der Waals surface area (Å²) < 4.78 is 5.64.